The van der Waals surface area contributed by atoms with Gasteiger partial charge in [-0.05, 0) is 18.4 Å². The molecule has 0 aliphatic heterocycles. The number of nitrogens with zero attached hydrogens (tertiary/aromatic N) is 2. The average molecular weight is 286 g/mol. The third-order valence-corrected chi connectivity index (χ3v) is 4.85. The van der Waals surface area contributed by atoms with Crippen molar-refractivity contribution in [2.45, 2.75) is 13.6 Å². The Kier molecular flexibility index (Phi) is 4.14. The molecule has 0 atom stereocenters. The first-order valence-electron chi connectivity index (χ1n) is 4.53. The van der Waals surface area contributed by atoms with E-state index in [-0.39, 0.29) is 0 Å². The first kappa shape index (κ1) is 12.5. The Morgan fingerprint density at radius 2 is 2.12 bits per heavy atom. The zero-order chi connectivity index (χ0) is 12.3. The fourth-order valence-electron chi connectivity index (χ4n) is 1.09. The Hall–Kier alpha value is -0.920. The summed E-state index contributed by atoms with van der Waals surface area (Å²) in [5.41, 5.74) is 0.328. The minimum atomic E-state index is -0.416. The van der Waals surface area contributed by atoms with Crippen molar-refractivity contribution >= 4 is 41.1 Å². The highest BCUT2D eigenvalue weighted by Crippen LogP contribution is 2.34. The van der Waals surface area contributed by atoms with Gasteiger partial charge < -0.3 is 0 Å². The Balaban J connectivity index is 2.20. The fraction of sp³-hybridized carbons (Fsp3) is 0.100. The Morgan fingerprint density at radius 1 is 1.35 bits per heavy atom. The third kappa shape index (κ3) is 3.05. The first-order valence-corrected chi connectivity index (χ1v) is 7.39. The van der Waals surface area contributed by atoms with Gasteiger partial charge >= 0.3 is 0 Å². The quantitative estimate of drug-likeness (QED) is 0.637. The van der Waals surface area contributed by atoms with Crippen LogP contribution in [0.3, 0.4) is 0 Å². The molecular formula is C10H7FN2OS3. The van der Waals surface area contributed by atoms with Gasteiger partial charge in [0.1, 0.15) is 12.1 Å². The molecule has 0 fully saturated rings. The maximum Gasteiger partial charge on any atom is 0.179 e. The Labute approximate surface area is 110 Å². The van der Waals surface area contributed by atoms with Crippen molar-refractivity contribution in [3.63, 3.8) is 0 Å². The van der Waals surface area contributed by atoms with Crippen LogP contribution < -0.4 is 0 Å². The van der Waals surface area contributed by atoms with Crippen LogP contribution in [0.15, 0.2) is 31.8 Å². The monoisotopic (exact) mass is 286 g/mol. The van der Waals surface area contributed by atoms with Crippen LogP contribution in [0.25, 0.3) is 0 Å². The molecule has 0 saturated carbocycles. The molecule has 0 amide bonds. The zero-order valence-corrected chi connectivity index (χ0v) is 11.2. The van der Waals surface area contributed by atoms with E-state index in [4.69, 9.17) is 0 Å². The van der Waals surface area contributed by atoms with Crippen molar-refractivity contribution in [1.82, 2.24) is 10.2 Å². The summed E-state index contributed by atoms with van der Waals surface area (Å²) in [5.74, 6) is -0.416. The third-order valence-electron chi connectivity index (χ3n) is 1.85. The lowest BCUT2D eigenvalue weighted by Crippen LogP contribution is -1.85. The number of hydrogen-bond acceptors (Lipinski definition) is 6. The fourth-order valence-corrected chi connectivity index (χ4v) is 3.49. The van der Waals surface area contributed by atoms with Gasteiger partial charge in [-0.2, -0.15) is 0 Å². The smallest absolute Gasteiger partial charge is 0.179 e. The first-order chi connectivity index (χ1) is 8.22. The van der Waals surface area contributed by atoms with Crippen LogP contribution in [0.5, 0.6) is 0 Å². The van der Waals surface area contributed by atoms with E-state index in [2.05, 4.69) is 10.2 Å². The van der Waals surface area contributed by atoms with Crippen LogP contribution >= 0.6 is 34.9 Å². The number of benzene rings is 1. The van der Waals surface area contributed by atoms with E-state index in [9.17, 15) is 9.18 Å². The number of aldehydes is 1. The number of halogens is 1. The second kappa shape index (κ2) is 5.61. The molecule has 2 aromatic rings. The number of aromatic nitrogens is 2. The molecule has 1 heterocycles. The van der Waals surface area contributed by atoms with Crippen molar-refractivity contribution in [2.24, 2.45) is 0 Å². The van der Waals surface area contributed by atoms with Crippen LogP contribution in [-0.2, 0) is 0 Å². The minimum Gasteiger partial charge on any atom is -0.298 e. The highest BCUT2D eigenvalue weighted by atomic mass is 32.2. The van der Waals surface area contributed by atoms with E-state index in [1.54, 1.807) is 12.1 Å². The summed E-state index contributed by atoms with van der Waals surface area (Å²) in [6.07, 6.45) is 2.53. The number of thioether (sulfide) groups is 1. The van der Waals surface area contributed by atoms with Crippen LogP contribution in [0.4, 0.5) is 4.39 Å². The van der Waals surface area contributed by atoms with Crippen molar-refractivity contribution in [3.05, 3.63) is 29.6 Å². The maximum atomic E-state index is 13.6. The van der Waals surface area contributed by atoms with Crippen molar-refractivity contribution in [1.29, 1.82) is 0 Å². The van der Waals surface area contributed by atoms with E-state index in [1.807, 2.05) is 6.26 Å². The predicted molar refractivity (Wildman–Crippen MR) is 67.6 cm³/mol. The summed E-state index contributed by atoms with van der Waals surface area (Å²) in [6, 6.07) is 4.37. The lowest BCUT2D eigenvalue weighted by Gasteiger charge is -1.99. The number of carbonyl (C=O) groups excluding carboxylic acids is 1. The molecule has 0 saturated heterocycles. The molecule has 1 aromatic heterocycles. The molecule has 17 heavy (non-hydrogen) atoms. The van der Waals surface area contributed by atoms with Crippen molar-refractivity contribution in [3.8, 4) is 0 Å². The second-order valence-corrected chi connectivity index (χ2v) is 6.27. The average Bonchev–Trinajstić information content (AvgIpc) is 2.79. The number of hydrogen-bond donors (Lipinski definition) is 0. The molecule has 1 aromatic carbocycles. The standard InChI is InChI=1S/C10H7FN2OS3/c1-15-9-12-13-10(17-9)16-8-3-2-6(5-14)4-7(8)11/h2-5H,1H3. The summed E-state index contributed by atoms with van der Waals surface area (Å²) < 4.78 is 15.1. The topological polar surface area (TPSA) is 42.9 Å². The molecule has 3 nitrogen and oxygen atoms in total. The molecule has 0 aliphatic carbocycles. The van der Waals surface area contributed by atoms with Gasteiger partial charge in [0.2, 0.25) is 0 Å². The molecule has 0 unspecified atom stereocenters. The van der Waals surface area contributed by atoms with Gasteiger partial charge in [-0.25, -0.2) is 4.39 Å². The second-order valence-electron chi connectivity index (χ2n) is 2.95. The summed E-state index contributed by atoms with van der Waals surface area (Å²) in [4.78, 5) is 10.9. The molecule has 0 N–H and O–H groups in total. The highest BCUT2D eigenvalue weighted by Gasteiger charge is 2.09. The van der Waals surface area contributed by atoms with Crippen molar-refractivity contribution in [2.75, 3.05) is 6.26 Å². The highest BCUT2D eigenvalue weighted by molar-refractivity contribution is 8.03. The summed E-state index contributed by atoms with van der Waals surface area (Å²) in [6.45, 7) is 0. The van der Waals surface area contributed by atoms with Gasteiger partial charge in [0.15, 0.2) is 8.68 Å². The van der Waals surface area contributed by atoms with E-state index < -0.39 is 5.82 Å². The van der Waals surface area contributed by atoms with E-state index in [0.717, 1.165) is 4.34 Å². The summed E-state index contributed by atoms with van der Waals surface area (Å²) in [5, 5.41) is 7.87. The largest absolute Gasteiger partial charge is 0.298 e. The molecule has 0 spiro atoms. The number of rotatable bonds is 4. The van der Waals surface area contributed by atoms with Gasteiger partial charge in [-0.15, -0.1) is 10.2 Å². The molecule has 0 aliphatic rings. The SMILES string of the molecule is CSc1nnc(Sc2ccc(C=O)cc2F)s1. The van der Waals surface area contributed by atoms with Crippen LogP contribution in [0.2, 0.25) is 0 Å². The zero-order valence-electron chi connectivity index (χ0n) is 8.71. The van der Waals surface area contributed by atoms with Gasteiger partial charge in [0.25, 0.3) is 0 Å². The van der Waals surface area contributed by atoms with E-state index >= 15 is 0 Å². The van der Waals surface area contributed by atoms with Crippen molar-refractivity contribution < 1.29 is 9.18 Å². The van der Waals surface area contributed by atoms with E-state index in [0.29, 0.717) is 21.1 Å². The van der Waals surface area contributed by atoms with Gasteiger partial charge in [-0.3, -0.25) is 4.79 Å². The van der Waals surface area contributed by atoms with Crippen LogP contribution in [-0.4, -0.2) is 22.7 Å². The van der Waals surface area contributed by atoms with Crippen LogP contribution in [0.1, 0.15) is 10.4 Å². The van der Waals surface area contributed by atoms with Crippen LogP contribution in [0, 0.1) is 5.82 Å². The molecule has 7 heteroatoms. The molecule has 2 rings (SSSR count). The van der Waals surface area contributed by atoms with E-state index in [1.165, 1.54) is 40.9 Å². The molecule has 0 radical (unpaired) electrons. The van der Waals surface area contributed by atoms with Gasteiger partial charge in [0.05, 0.1) is 4.90 Å². The maximum absolute atomic E-state index is 13.6. The molecule has 0 bridgehead atoms. The molecule has 88 valence electrons. The normalized spacial score (nSPS) is 10.5. The lowest BCUT2D eigenvalue weighted by atomic mass is 10.2. The number of carbonyl (C=O) groups is 1. The Morgan fingerprint density at radius 3 is 2.71 bits per heavy atom. The van der Waals surface area contributed by atoms with Gasteiger partial charge in [-0.1, -0.05) is 40.9 Å². The Bertz CT molecular complexity index is 544. The molecular weight excluding hydrogens is 279 g/mol. The summed E-state index contributed by atoms with van der Waals surface area (Å²) >= 11 is 4.13. The van der Waals surface area contributed by atoms with Gasteiger partial charge in [0, 0.05) is 5.56 Å². The lowest BCUT2D eigenvalue weighted by molar-refractivity contribution is 0.112. The summed E-state index contributed by atoms with van der Waals surface area (Å²) in [7, 11) is 0. The predicted octanol–water partition coefficient (Wildman–Crippen LogP) is 3.36. The minimum absolute atomic E-state index is 0.328.